The molecule has 1 atom stereocenters. The maximum Gasteiger partial charge on any atom is 0.0791 e. The number of aliphatic hydroxyl groups is 1. The van der Waals surface area contributed by atoms with Gasteiger partial charge in [0.05, 0.1) is 6.10 Å². The third-order valence-electron chi connectivity index (χ3n) is 3.68. The lowest BCUT2D eigenvalue weighted by molar-refractivity contribution is 0.0751. The van der Waals surface area contributed by atoms with Gasteiger partial charge in [-0.25, -0.2) is 0 Å². The molecule has 2 N–H and O–H groups in total. The fourth-order valence-electron chi connectivity index (χ4n) is 2.41. The molecule has 1 heterocycles. The Bertz CT molecular complexity index is 232. The Morgan fingerprint density at radius 1 is 1.33 bits per heavy atom. The molecule has 0 aromatic heterocycles. The fraction of sp³-hybridized carbons (Fsp3) is 1.00. The number of hydrogen-bond acceptors (Lipinski definition) is 4. The van der Waals surface area contributed by atoms with Gasteiger partial charge in [-0.2, -0.15) is 0 Å². The summed E-state index contributed by atoms with van der Waals surface area (Å²) >= 11 is 0. The van der Waals surface area contributed by atoms with Crippen LogP contribution in [0.5, 0.6) is 0 Å². The van der Waals surface area contributed by atoms with Crippen molar-refractivity contribution in [2.24, 2.45) is 0 Å². The highest BCUT2D eigenvalue weighted by molar-refractivity contribution is 4.80. The minimum Gasteiger partial charge on any atom is -0.390 e. The van der Waals surface area contributed by atoms with Crippen LogP contribution in [0.4, 0.5) is 0 Å². The molecule has 0 aliphatic carbocycles. The van der Waals surface area contributed by atoms with E-state index in [4.69, 9.17) is 0 Å². The van der Waals surface area contributed by atoms with E-state index in [0.29, 0.717) is 12.6 Å². The molecule has 0 aromatic carbocycles. The molecule has 1 fully saturated rings. The lowest BCUT2D eigenvalue weighted by Crippen LogP contribution is -2.48. The van der Waals surface area contributed by atoms with Crippen LogP contribution in [0.15, 0.2) is 0 Å². The van der Waals surface area contributed by atoms with Crippen LogP contribution in [-0.4, -0.2) is 72.9 Å². The second-order valence-electron chi connectivity index (χ2n) is 6.76. The van der Waals surface area contributed by atoms with Gasteiger partial charge in [0, 0.05) is 24.7 Å². The predicted molar refractivity (Wildman–Crippen MR) is 76.9 cm³/mol. The summed E-state index contributed by atoms with van der Waals surface area (Å²) in [6.07, 6.45) is 2.15. The Balaban J connectivity index is 2.24. The van der Waals surface area contributed by atoms with Crippen LogP contribution in [0.2, 0.25) is 0 Å². The van der Waals surface area contributed by atoms with Crippen LogP contribution in [0.3, 0.4) is 0 Å². The molecule has 1 rings (SSSR count). The number of hydrogen-bond donors (Lipinski definition) is 2. The average Bonchev–Trinajstić information content (AvgIpc) is 2.26. The Morgan fingerprint density at radius 2 is 1.89 bits per heavy atom. The van der Waals surface area contributed by atoms with Crippen molar-refractivity contribution in [1.82, 2.24) is 15.1 Å². The van der Waals surface area contributed by atoms with Crippen molar-refractivity contribution in [2.75, 3.05) is 40.3 Å². The van der Waals surface area contributed by atoms with Crippen LogP contribution in [0.25, 0.3) is 0 Å². The minimum atomic E-state index is -0.283. The van der Waals surface area contributed by atoms with Crippen LogP contribution in [0.1, 0.15) is 33.6 Å². The van der Waals surface area contributed by atoms with Gasteiger partial charge in [-0.15, -0.1) is 0 Å². The summed E-state index contributed by atoms with van der Waals surface area (Å²) in [5.41, 5.74) is 0.0765. The predicted octanol–water partition coefficient (Wildman–Crippen LogP) is 0.761. The number of likely N-dealkylation sites (tertiary alicyclic amines) is 1. The normalized spacial score (nSPS) is 21.5. The molecular weight excluding hydrogens is 226 g/mol. The number of likely N-dealkylation sites (N-methyl/N-ethyl adjacent to an activating group) is 1. The van der Waals surface area contributed by atoms with E-state index in [2.05, 4.69) is 50.0 Å². The third kappa shape index (κ3) is 6.14. The van der Waals surface area contributed by atoms with E-state index in [1.54, 1.807) is 0 Å². The maximum atomic E-state index is 10.1. The first-order valence-corrected chi connectivity index (χ1v) is 7.10. The molecule has 0 amide bonds. The van der Waals surface area contributed by atoms with E-state index in [-0.39, 0.29) is 11.6 Å². The molecule has 4 heteroatoms. The van der Waals surface area contributed by atoms with Crippen molar-refractivity contribution in [3.05, 3.63) is 0 Å². The lowest BCUT2D eigenvalue weighted by atomic mass is 10.0. The van der Waals surface area contributed by atoms with Gasteiger partial charge in [0.1, 0.15) is 0 Å². The number of piperidine rings is 1. The molecule has 0 aromatic rings. The van der Waals surface area contributed by atoms with Gasteiger partial charge in [0.2, 0.25) is 0 Å². The summed E-state index contributed by atoms with van der Waals surface area (Å²) in [5, 5.41) is 13.4. The molecule has 0 saturated carbocycles. The van der Waals surface area contributed by atoms with Gasteiger partial charge in [-0.05, 0) is 60.8 Å². The molecule has 0 spiro atoms. The van der Waals surface area contributed by atoms with Crippen LogP contribution in [-0.2, 0) is 0 Å². The van der Waals surface area contributed by atoms with Gasteiger partial charge >= 0.3 is 0 Å². The van der Waals surface area contributed by atoms with Gasteiger partial charge in [-0.1, -0.05) is 0 Å². The lowest BCUT2D eigenvalue weighted by Gasteiger charge is -2.36. The first-order chi connectivity index (χ1) is 8.28. The quantitative estimate of drug-likeness (QED) is 0.763. The van der Waals surface area contributed by atoms with Crippen molar-refractivity contribution in [2.45, 2.75) is 51.3 Å². The van der Waals surface area contributed by atoms with E-state index in [1.165, 1.54) is 25.9 Å². The minimum absolute atomic E-state index is 0.0765. The van der Waals surface area contributed by atoms with E-state index in [9.17, 15) is 5.11 Å². The summed E-state index contributed by atoms with van der Waals surface area (Å²) in [7, 11) is 4.31. The smallest absolute Gasteiger partial charge is 0.0791 e. The van der Waals surface area contributed by atoms with E-state index >= 15 is 0 Å². The van der Waals surface area contributed by atoms with Gasteiger partial charge in [0.25, 0.3) is 0 Å². The number of β-amino-alcohol motifs (C(OH)–C–C–N with tert-alkyl or cyclic N) is 1. The molecule has 0 radical (unpaired) electrons. The molecule has 0 bridgehead atoms. The second-order valence-corrected chi connectivity index (χ2v) is 6.76. The Hall–Kier alpha value is -0.160. The number of aliphatic hydroxyl groups excluding tert-OH is 1. The van der Waals surface area contributed by atoms with Gasteiger partial charge in [-0.3, -0.25) is 0 Å². The second kappa shape index (κ2) is 6.85. The summed E-state index contributed by atoms with van der Waals surface area (Å²) < 4.78 is 0. The number of rotatable bonds is 5. The third-order valence-corrected chi connectivity index (χ3v) is 3.68. The summed E-state index contributed by atoms with van der Waals surface area (Å²) in [6.45, 7) is 10.1. The monoisotopic (exact) mass is 257 g/mol. The van der Waals surface area contributed by atoms with Crippen molar-refractivity contribution in [1.29, 1.82) is 0 Å². The van der Waals surface area contributed by atoms with Gasteiger partial charge in [0.15, 0.2) is 0 Å². The van der Waals surface area contributed by atoms with Crippen LogP contribution < -0.4 is 5.32 Å². The zero-order valence-corrected chi connectivity index (χ0v) is 12.7. The van der Waals surface area contributed by atoms with Crippen LogP contribution in [0, 0.1) is 0 Å². The topological polar surface area (TPSA) is 38.7 Å². The Kier molecular flexibility index (Phi) is 6.05. The average molecular weight is 257 g/mol. The fourth-order valence-corrected chi connectivity index (χ4v) is 2.41. The highest BCUT2D eigenvalue weighted by Crippen LogP contribution is 2.14. The highest BCUT2D eigenvalue weighted by atomic mass is 16.3. The van der Waals surface area contributed by atoms with Gasteiger partial charge < -0.3 is 20.2 Å². The molecule has 1 saturated heterocycles. The number of nitrogens with zero attached hydrogens (tertiary/aromatic N) is 2. The van der Waals surface area contributed by atoms with Crippen LogP contribution >= 0.6 is 0 Å². The summed E-state index contributed by atoms with van der Waals surface area (Å²) in [5.74, 6) is 0. The van der Waals surface area contributed by atoms with E-state index in [1.807, 2.05) is 0 Å². The first kappa shape index (κ1) is 15.9. The molecule has 18 heavy (non-hydrogen) atoms. The highest BCUT2D eigenvalue weighted by Gasteiger charge is 2.22. The number of nitrogens with one attached hydrogen (secondary N) is 1. The molecule has 1 aliphatic heterocycles. The Morgan fingerprint density at radius 3 is 2.39 bits per heavy atom. The standard InChI is InChI=1S/C14H31N3O/c1-14(2,3)15-10-13(18)11-17(5)12-6-8-16(4)9-7-12/h12-13,15,18H,6-11H2,1-5H3. The summed E-state index contributed by atoms with van der Waals surface area (Å²) in [6, 6.07) is 0.630. The molecule has 108 valence electrons. The van der Waals surface area contributed by atoms with Crippen molar-refractivity contribution in [3.63, 3.8) is 0 Å². The zero-order valence-electron chi connectivity index (χ0n) is 12.7. The molecule has 1 unspecified atom stereocenters. The molecule has 4 nitrogen and oxygen atoms in total. The SMILES string of the molecule is CN1CCC(N(C)CC(O)CNC(C)(C)C)CC1. The van der Waals surface area contributed by atoms with Crippen molar-refractivity contribution in [3.8, 4) is 0 Å². The molecule has 1 aliphatic rings. The summed E-state index contributed by atoms with van der Waals surface area (Å²) in [4.78, 5) is 4.70. The van der Waals surface area contributed by atoms with E-state index in [0.717, 1.165) is 6.54 Å². The largest absolute Gasteiger partial charge is 0.390 e. The Labute approximate surface area is 112 Å². The first-order valence-electron chi connectivity index (χ1n) is 7.10. The molecular formula is C14H31N3O. The van der Waals surface area contributed by atoms with E-state index < -0.39 is 0 Å². The van der Waals surface area contributed by atoms with Crippen molar-refractivity contribution >= 4 is 0 Å². The van der Waals surface area contributed by atoms with Crippen molar-refractivity contribution < 1.29 is 5.11 Å². The zero-order chi connectivity index (χ0) is 13.8. The maximum absolute atomic E-state index is 10.1.